The molecule has 0 saturated carbocycles. The van der Waals surface area contributed by atoms with Gasteiger partial charge in [-0.25, -0.2) is 0 Å². The van der Waals surface area contributed by atoms with Crippen LogP contribution < -0.4 is 5.32 Å². The fourth-order valence-electron chi connectivity index (χ4n) is 2.19. The minimum atomic E-state index is 0.417. The van der Waals surface area contributed by atoms with Gasteiger partial charge in [0, 0.05) is 17.5 Å². The van der Waals surface area contributed by atoms with Crippen LogP contribution in [0.3, 0.4) is 0 Å². The molecule has 0 aromatic carbocycles. The van der Waals surface area contributed by atoms with Crippen molar-refractivity contribution in [3.8, 4) is 0 Å². The topological polar surface area (TPSA) is 21.3 Å². The number of hydrogen-bond acceptors (Lipinski definition) is 3. The summed E-state index contributed by atoms with van der Waals surface area (Å²) < 4.78 is 5.82. The maximum atomic E-state index is 5.82. The fourth-order valence-corrected chi connectivity index (χ4v) is 3.10. The fraction of sp³-hybridized carbons (Fsp3) is 1.00. The molecule has 0 aliphatic carbocycles. The van der Waals surface area contributed by atoms with Crippen LogP contribution in [0.25, 0.3) is 0 Å². The lowest BCUT2D eigenvalue weighted by atomic mass is 9.93. The van der Waals surface area contributed by atoms with Gasteiger partial charge in [0.15, 0.2) is 0 Å². The lowest BCUT2D eigenvalue weighted by Crippen LogP contribution is -2.47. The molecule has 0 bridgehead atoms. The van der Waals surface area contributed by atoms with E-state index in [9.17, 15) is 0 Å². The molecule has 3 heteroatoms. The summed E-state index contributed by atoms with van der Waals surface area (Å²) in [4.78, 5) is 0. The lowest BCUT2D eigenvalue weighted by molar-refractivity contribution is 0.0331. The Labute approximate surface area is 92.2 Å². The number of hydrogen-bond donors (Lipinski definition) is 1. The second-order valence-electron chi connectivity index (χ2n) is 4.06. The molecule has 84 valence electrons. The van der Waals surface area contributed by atoms with Gasteiger partial charge in [-0.05, 0) is 19.4 Å². The van der Waals surface area contributed by atoms with Gasteiger partial charge in [0.05, 0.1) is 12.7 Å². The maximum absolute atomic E-state index is 5.82. The first-order valence-corrected chi connectivity index (χ1v) is 6.81. The van der Waals surface area contributed by atoms with E-state index in [0.29, 0.717) is 18.1 Å². The quantitative estimate of drug-likeness (QED) is 0.762. The molecule has 0 aromatic heterocycles. The summed E-state index contributed by atoms with van der Waals surface area (Å²) in [6.45, 7) is 5.50. The Morgan fingerprint density at radius 3 is 2.86 bits per heavy atom. The van der Waals surface area contributed by atoms with Gasteiger partial charge in [0.1, 0.15) is 0 Å². The third-order valence-electron chi connectivity index (χ3n) is 2.93. The molecule has 1 aliphatic heterocycles. The highest BCUT2D eigenvalue weighted by atomic mass is 32.2. The van der Waals surface area contributed by atoms with Gasteiger partial charge >= 0.3 is 0 Å². The molecule has 3 atom stereocenters. The molecule has 1 fully saturated rings. The van der Waals surface area contributed by atoms with E-state index in [-0.39, 0.29) is 0 Å². The van der Waals surface area contributed by atoms with E-state index in [2.05, 4.69) is 26.2 Å². The number of rotatable bonds is 5. The summed E-state index contributed by atoms with van der Waals surface area (Å²) in [5, 5.41) is 3.42. The predicted octanol–water partition coefficient (Wildman–Crippen LogP) is 2.14. The average molecular weight is 217 g/mol. The van der Waals surface area contributed by atoms with Crippen molar-refractivity contribution in [2.45, 2.75) is 38.8 Å². The van der Waals surface area contributed by atoms with Crippen LogP contribution in [0.1, 0.15) is 26.7 Å². The van der Waals surface area contributed by atoms with E-state index in [1.165, 1.54) is 12.8 Å². The number of likely N-dealkylation sites (N-methyl/N-ethyl adjacent to an activating group) is 1. The number of ether oxygens (including phenoxy) is 1. The molecule has 0 spiro atoms. The standard InChI is InChI=1S/C11H23NOS/c1-4-5-9(2)11(12-3)10-8-14-7-6-13-10/h9-12H,4-8H2,1-3H3. The first-order chi connectivity index (χ1) is 6.79. The van der Waals surface area contributed by atoms with Crippen LogP contribution in [0.2, 0.25) is 0 Å². The van der Waals surface area contributed by atoms with Gasteiger partial charge in [-0.15, -0.1) is 0 Å². The van der Waals surface area contributed by atoms with Crippen molar-refractivity contribution >= 4 is 11.8 Å². The molecular weight excluding hydrogens is 194 g/mol. The zero-order valence-electron chi connectivity index (χ0n) is 9.58. The molecule has 1 aliphatic rings. The third kappa shape index (κ3) is 3.44. The second kappa shape index (κ2) is 6.70. The lowest BCUT2D eigenvalue weighted by Gasteiger charge is -2.33. The molecule has 1 rings (SSSR count). The minimum absolute atomic E-state index is 0.417. The summed E-state index contributed by atoms with van der Waals surface area (Å²) in [6, 6.07) is 0.530. The van der Waals surface area contributed by atoms with Gasteiger partial charge in [0.25, 0.3) is 0 Å². The van der Waals surface area contributed by atoms with Gasteiger partial charge in [-0.2, -0.15) is 11.8 Å². The van der Waals surface area contributed by atoms with E-state index in [0.717, 1.165) is 18.1 Å². The van der Waals surface area contributed by atoms with Gasteiger partial charge < -0.3 is 10.1 Å². The summed E-state index contributed by atoms with van der Waals surface area (Å²) in [6.07, 6.45) is 2.97. The van der Waals surface area contributed by atoms with E-state index < -0.39 is 0 Å². The van der Waals surface area contributed by atoms with E-state index in [1.54, 1.807) is 0 Å². The van der Waals surface area contributed by atoms with Gasteiger partial charge in [0.2, 0.25) is 0 Å². The SMILES string of the molecule is CCCC(C)C(NC)C1CSCCO1. The van der Waals surface area contributed by atoms with Crippen molar-refractivity contribution in [3.63, 3.8) is 0 Å². The Kier molecular flexibility index (Phi) is 5.90. The van der Waals surface area contributed by atoms with Crippen LogP contribution >= 0.6 is 11.8 Å². The monoisotopic (exact) mass is 217 g/mol. The molecule has 3 unspecified atom stereocenters. The van der Waals surface area contributed by atoms with E-state index in [1.807, 2.05) is 11.8 Å². The van der Waals surface area contributed by atoms with Crippen LogP contribution in [-0.4, -0.2) is 37.3 Å². The molecule has 1 saturated heterocycles. The van der Waals surface area contributed by atoms with Crippen molar-refractivity contribution < 1.29 is 4.74 Å². The zero-order chi connectivity index (χ0) is 10.4. The summed E-state index contributed by atoms with van der Waals surface area (Å²) in [7, 11) is 2.06. The zero-order valence-corrected chi connectivity index (χ0v) is 10.4. The normalized spacial score (nSPS) is 27.2. The molecule has 14 heavy (non-hydrogen) atoms. The molecule has 2 nitrogen and oxygen atoms in total. The Hall–Kier alpha value is 0.270. The molecular formula is C11H23NOS. The average Bonchev–Trinajstić information content (AvgIpc) is 2.21. The highest BCUT2D eigenvalue weighted by Gasteiger charge is 2.27. The number of nitrogens with one attached hydrogen (secondary N) is 1. The van der Waals surface area contributed by atoms with Crippen molar-refractivity contribution in [2.75, 3.05) is 25.2 Å². The van der Waals surface area contributed by atoms with Gasteiger partial charge in [-0.1, -0.05) is 20.3 Å². The highest BCUT2D eigenvalue weighted by Crippen LogP contribution is 2.21. The van der Waals surface area contributed by atoms with Crippen molar-refractivity contribution in [1.29, 1.82) is 0 Å². The predicted molar refractivity (Wildman–Crippen MR) is 64.0 cm³/mol. The summed E-state index contributed by atoms with van der Waals surface area (Å²) >= 11 is 2.02. The molecule has 0 radical (unpaired) electrons. The molecule has 0 aromatic rings. The Balaban J connectivity index is 2.41. The van der Waals surface area contributed by atoms with Crippen LogP contribution in [-0.2, 0) is 4.74 Å². The second-order valence-corrected chi connectivity index (χ2v) is 5.21. The highest BCUT2D eigenvalue weighted by molar-refractivity contribution is 7.99. The molecule has 0 amide bonds. The van der Waals surface area contributed by atoms with E-state index >= 15 is 0 Å². The maximum Gasteiger partial charge on any atom is 0.0821 e. The van der Waals surface area contributed by atoms with Crippen LogP contribution in [0.15, 0.2) is 0 Å². The minimum Gasteiger partial charge on any atom is -0.375 e. The summed E-state index contributed by atoms with van der Waals surface area (Å²) in [5.74, 6) is 3.03. The molecule has 1 heterocycles. The smallest absolute Gasteiger partial charge is 0.0821 e. The van der Waals surface area contributed by atoms with Crippen LogP contribution in [0.4, 0.5) is 0 Å². The first kappa shape index (κ1) is 12.3. The Bertz CT molecular complexity index is 148. The first-order valence-electron chi connectivity index (χ1n) is 5.66. The van der Waals surface area contributed by atoms with Crippen LogP contribution in [0.5, 0.6) is 0 Å². The molecule has 1 N–H and O–H groups in total. The van der Waals surface area contributed by atoms with Crippen molar-refractivity contribution in [2.24, 2.45) is 5.92 Å². The van der Waals surface area contributed by atoms with Crippen LogP contribution in [0, 0.1) is 5.92 Å². The van der Waals surface area contributed by atoms with Gasteiger partial charge in [-0.3, -0.25) is 0 Å². The Morgan fingerprint density at radius 2 is 2.36 bits per heavy atom. The van der Waals surface area contributed by atoms with Crippen molar-refractivity contribution in [1.82, 2.24) is 5.32 Å². The van der Waals surface area contributed by atoms with Crippen molar-refractivity contribution in [3.05, 3.63) is 0 Å². The summed E-state index contributed by atoms with van der Waals surface area (Å²) in [5.41, 5.74) is 0. The largest absolute Gasteiger partial charge is 0.375 e. The van der Waals surface area contributed by atoms with E-state index in [4.69, 9.17) is 4.74 Å². The number of thioether (sulfide) groups is 1. The third-order valence-corrected chi connectivity index (χ3v) is 3.95. The Morgan fingerprint density at radius 1 is 1.57 bits per heavy atom.